The molecule has 0 spiro atoms. The maximum atomic E-state index is 13.2. The highest BCUT2D eigenvalue weighted by Crippen LogP contribution is 2.26. The molecular weight excluding hydrogens is 438 g/mol. The summed E-state index contributed by atoms with van der Waals surface area (Å²) in [6.45, 7) is 2.35. The molecular formula is C29H39N3O3. The Balaban J connectivity index is 1.28. The van der Waals surface area contributed by atoms with Crippen LogP contribution in [0.25, 0.3) is 0 Å². The quantitative estimate of drug-likeness (QED) is 0.546. The number of anilines is 1. The molecule has 1 saturated carbocycles. The SMILES string of the molecule is CN(Cc1ccccc1NC(=O)C1CCCN(C(=O)CCOc2ccccc2)C1)C1CCCCC1. The van der Waals surface area contributed by atoms with E-state index in [0.29, 0.717) is 32.2 Å². The zero-order valence-electron chi connectivity index (χ0n) is 21.0. The van der Waals surface area contributed by atoms with Crippen LogP contribution in [-0.4, -0.2) is 54.4 Å². The van der Waals surface area contributed by atoms with Gasteiger partial charge in [-0.1, -0.05) is 55.7 Å². The van der Waals surface area contributed by atoms with Crippen molar-refractivity contribution < 1.29 is 14.3 Å². The van der Waals surface area contributed by atoms with Gasteiger partial charge in [-0.15, -0.1) is 0 Å². The summed E-state index contributed by atoms with van der Waals surface area (Å²) >= 11 is 0. The maximum absolute atomic E-state index is 13.2. The second-order valence-corrected chi connectivity index (χ2v) is 9.94. The fourth-order valence-corrected chi connectivity index (χ4v) is 5.28. The predicted octanol–water partition coefficient (Wildman–Crippen LogP) is 5.10. The molecule has 2 aromatic rings. The Bertz CT molecular complexity index is 959. The molecule has 1 saturated heterocycles. The smallest absolute Gasteiger partial charge is 0.229 e. The summed E-state index contributed by atoms with van der Waals surface area (Å²) in [5, 5.41) is 3.18. The minimum Gasteiger partial charge on any atom is -0.493 e. The van der Waals surface area contributed by atoms with Crippen LogP contribution in [0.4, 0.5) is 5.69 Å². The second kappa shape index (κ2) is 12.7. The molecule has 6 nitrogen and oxygen atoms in total. The highest BCUT2D eigenvalue weighted by molar-refractivity contribution is 5.93. The number of hydrogen-bond acceptors (Lipinski definition) is 4. The minimum absolute atomic E-state index is 0.0100. The van der Waals surface area contributed by atoms with Crippen LogP contribution in [0.3, 0.4) is 0 Å². The van der Waals surface area contributed by atoms with Crippen molar-refractivity contribution in [2.45, 2.75) is 64.0 Å². The highest BCUT2D eigenvalue weighted by atomic mass is 16.5. The standard InChI is InChI=1S/C29H39N3O3/c1-31(25-13-4-2-5-14-25)21-23-11-8-9-17-27(23)30-29(34)24-12-10-19-32(22-24)28(33)18-20-35-26-15-6-3-7-16-26/h3,6-9,11,15-17,24-25H,2,4-5,10,12-14,18-22H2,1H3,(H,30,34). The van der Waals surface area contributed by atoms with Crippen molar-refractivity contribution >= 4 is 17.5 Å². The van der Waals surface area contributed by atoms with E-state index in [1.54, 1.807) is 0 Å². The van der Waals surface area contributed by atoms with E-state index in [1.165, 1.54) is 32.1 Å². The van der Waals surface area contributed by atoms with Crippen LogP contribution < -0.4 is 10.1 Å². The first kappa shape index (κ1) is 25.2. The number of piperidine rings is 1. The van der Waals surface area contributed by atoms with E-state index in [4.69, 9.17) is 4.74 Å². The molecule has 35 heavy (non-hydrogen) atoms. The fourth-order valence-electron chi connectivity index (χ4n) is 5.28. The average Bonchev–Trinajstić information content (AvgIpc) is 2.91. The van der Waals surface area contributed by atoms with Crippen LogP contribution in [0, 0.1) is 5.92 Å². The number of amides is 2. The third-order valence-corrected chi connectivity index (χ3v) is 7.37. The van der Waals surface area contributed by atoms with Crippen molar-refractivity contribution in [3.05, 3.63) is 60.2 Å². The van der Waals surface area contributed by atoms with Crippen LogP contribution in [0.15, 0.2) is 54.6 Å². The lowest BCUT2D eigenvalue weighted by Crippen LogP contribution is -2.44. The van der Waals surface area contributed by atoms with Gasteiger partial charge < -0.3 is 15.0 Å². The molecule has 1 atom stereocenters. The number of carbonyl (C=O) groups is 2. The number of likely N-dealkylation sites (tertiary alicyclic amines) is 1. The van der Waals surface area contributed by atoms with Crippen LogP contribution in [0.2, 0.25) is 0 Å². The number of rotatable bonds is 9. The van der Waals surface area contributed by atoms with E-state index in [-0.39, 0.29) is 17.7 Å². The van der Waals surface area contributed by atoms with Gasteiger partial charge in [0.25, 0.3) is 0 Å². The molecule has 1 aliphatic carbocycles. The van der Waals surface area contributed by atoms with Crippen molar-refractivity contribution in [1.82, 2.24) is 9.80 Å². The Morgan fingerprint density at radius 3 is 2.51 bits per heavy atom. The summed E-state index contributed by atoms with van der Waals surface area (Å²) in [6, 6.07) is 18.3. The monoisotopic (exact) mass is 477 g/mol. The molecule has 2 aromatic carbocycles. The summed E-state index contributed by atoms with van der Waals surface area (Å²) in [6.07, 6.45) is 8.44. The summed E-state index contributed by atoms with van der Waals surface area (Å²) < 4.78 is 5.68. The number of para-hydroxylation sites is 2. The number of nitrogens with one attached hydrogen (secondary N) is 1. The van der Waals surface area contributed by atoms with Gasteiger partial charge in [0, 0.05) is 31.4 Å². The molecule has 188 valence electrons. The Kier molecular flexibility index (Phi) is 9.18. The largest absolute Gasteiger partial charge is 0.493 e. The summed E-state index contributed by atoms with van der Waals surface area (Å²) in [5.74, 6) is 0.639. The molecule has 1 heterocycles. The van der Waals surface area contributed by atoms with Crippen molar-refractivity contribution in [3.63, 3.8) is 0 Å². The van der Waals surface area contributed by atoms with Gasteiger partial charge in [-0.25, -0.2) is 0 Å². The lowest BCUT2D eigenvalue weighted by molar-refractivity contribution is -0.135. The molecule has 2 fully saturated rings. The van der Waals surface area contributed by atoms with E-state index in [0.717, 1.165) is 36.4 Å². The maximum Gasteiger partial charge on any atom is 0.229 e. The van der Waals surface area contributed by atoms with E-state index in [2.05, 4.69) is 23.3 Å². The molecule has 1 unspecified atom stereocenters. The molecule has 2 amide bonds. The predicted molar refractivity (Wildman–Crippen MR) is 139 cm³/mol. The fraction of sp³-hybridized carbons (Fsp3) is 0.517. The zero-order valence-corrected chi connectivity index (χ0v) is 21.0. The number of nitrogens with zero attached hydrogens (tertiary/aromatic N) is 2. The molecule has 1 N–H and O–H groups in total. The molecule has 0 bridgehead atoms. The second-order valence-electron chi connectivity index (χ2n) is 9.94. The Morgan fingerprint density at radius 2 is 1.71 bits per heavy atom. The number of ether oxygens (including phenoxy) is 1. The Hall–Kier alpha value is -2.86. The summed E-state index contributed by atoms with van der Waals surface area (Å²) in [5.41, 5.74) is 2.04. The van der Waals surface area contributed by atoms with Gasteiger partial charge in [-0.05, 0) is 56.5 Å². The highest BCUT2D eigenvalue weighted by Gasteiger charge is 2.29. The van der Waals surface area contributed by atoms with Gasteiger partial charge in [0.2, 0.25) is 11.8 Å². The van der Waals surface area contributed by atoms with Crippen molar-refractivity contribution in [2.24, 2.45) is 5.92 Å². The third-order valence-electron chi connectivity index (χ3n) is 7.37. The van der Waals surface area contributed by atoms with Crippen molar-refractivity contribution in [3.8, 4) is 5.75 Å². The van der Waals surface area contributed by atoms with Crippen LogP contribution >= 0.6 is 0 Å². The first-order valence-electron chi connectivity index (χ1n) is 13.1. The first-order chi connectivity index (χ1) is 17.1. The van der Waals surface area contributed by atoms with Gasteiger partial charge in [-0.3, -0.25) is 14.5 Å². The summed E-state index contributed by atoms with van der Waals surface area (Å²) in [4.78, 5) is 30.2. The summed E-state index contributed by atoms with van der Waals surface area (Å²) in [7, 11) is 2.20. The van der Waals surface area contributed by atoms with E-state index in [1.807, 2.05) is 53.4 Å². The van der Waals surface area contributed by atoms with Gasteiger partial charge in [0.15, 0.2) is 0 Å². The number of hydrogen-bond donors (Lipinski definition) is 1. The van der Waals surface area contributed by atoms with Gasteiger partial charge in [0.1, 0.15) is 5.75 Å². The van der Waals surface area contributed by atoms with E-state index < -0.39 is 0 Å². The van der Waals surface area contributed by atoms with Gasteiger partial charge in [0.05, 0.1) is 18.9 Å². The normalized spacial score (nSPS) is 18.9. The molecule has 2 aliphatic rings. The molecule has 0 aromatic heterocycles. The van der Waals surface area contributed by atoms with Gasteiger partial charge >= 0.3 is 0 Å². The van der Waals surface area contributed by atoms with Crippen molar-refractivity contribution in [1.29, 1.82) is 0 Å². The first-order valence-corrected chi connectivity index (χ1v) is 13.1. The third kappa shape index (κ3) is 7.31. The number of carbonyl (C=O) groups excluding carboxylic acids is 2. The molecule has 1 aliphatic heterocycles. The van der Waals surface area contributed by atoms with E-state index >= 15 is 0 Å². The Labute approximate surface area is 209 Å². The average molecular weight is 478 g/mol. The molecule has 6 heteroatoms. The topological polar surface area (TPSA) is 61.9 Å². The van der Waals surface area contributed by atoms with Crippen LogP contribution in [0.5, 0.6) is 5.75 Å². The number of benzene rings is 2. The van der Waals surface area contributed by atoms with Crippen LogP contribution in [-0.2, 0) is 16.1 Å². The minimum atomic E-state index is -0.188. The molecule has 4 rings (SSSR count). The lowest BCUT2D eigenvalue weighted by Gasteiger charge is -2.33. The van der Waals surface area contributed by atoms with Gasteiger partial charge in [-0.2, -0.15) is 0 Å². The molecule has 0 radical (unpaired) electrons. The van der Waals surface area contributed by atoms with E-state index in [9.17, 15) is 9.59 Å². The van der Waals surface area contributed by atoms with Crippen LogP contribution in [0.1, 0.15) is 56.9 Å². The Morgan fingerprint density at radius 1 is 0.971 bits per heavy atom. The zero-order chi connectivity index (χ0) is 24.5. The van der Waals surface area contributed by atoms with Crippen molar-refractivity contribution in [2.75, 3.05) is 32.1 Å². The lowest BCUT2D eigenvalue weighted by atomic mass is 9.94.